The van der Waals surface area contributed by atoms with Crippen molar-refractivity contribution in [1.29, 1.82) is 0 Å². The molecule has 2 heterocycles. The van der Waals surface area contributed by atoms with Gasteiger partial charge in [0.1, 0.15) is 17.1 Å². The summed E-state index contributed by atoms with van der Waals surface area (Å²) in [5.41, 5.74) is 1.22. The summed E-state index contributed by atoms with van der Waals surface area (Å²) in [4.78, 5) is 15.3. The van der Waals surface area contributed by atoms with Crippen LogP contribution < -0.4 is 20.1 Å². The number of rotatable bonds is 7. The number of nitrogens with zero attached hydrogens (tertiary/aromatic N) is 1. The third-order valence-corrected chi connectivity index (χ3v) is 6.98. The Morgan fingerprint density at radius 1 is 1.30 bits per heavy atom. The second-order valence-corrected chi connectivity index (χ2v) is 9.69. The summed E-state index contributed by atoms with van der Waals surface area (Å²) < 4.78 is 52.6. The highest BCUT2D eigenvalue weighted by Crippen LogP contribution is 2.44. The van der Waals surface area contributed by atoms with E-state index in [0.717, 1.165) is 25.1 Å². The van der Waals surface area contributed by atoms with Crippen LogP contribution in [0.25, 0.3) is 0 Å². The maximum absolute atomic E-state index is 14.5. The summed E-state index contributed by atoms with van der Waals surface area (Å²) in [6.45, 7) is 5.73. The number of anilines is 1. The van der Waals surface area contributed by atoms with Gasteiger partial charge in [0.2, 0.25) is 5.91 Å². The average molecular weight is 483 g/mol. The monoisotopic (exact) mass is 482 g/mol. The number of halogens is 2. The number of carbonyl (C=O) groups is 1. The molecule has 4 rings (SSSR count). The first-order valence-corrected chi connectivity index (χ1v) is 12.3. The first-order chi connectivity index (χ1) is 15.6. The number of hydrogen-bond acceptors (Lipinski definition) is 7. The molecule has 3 aliphatic rings. The van der Waals surface area contributed by atoms with Crippen molar-refractivity contribution >= 4 is 22.1 Å². The van der Waals surface area contributed by atoms with Crippen molar-refractivity contribution in [2.24, 2.45) is 5.92 Å². The smallest absolute Gasteiger partial charge is 0.384 e. The van der Waals surface area contributed by atoms with Gasteiger partial charge < -0.3 is 20.1 Å². The number of likely N-dealkylation sites (tertiary alicyclic amines) is 1. The number of nitrogens with one attached hydrogen (secondary N) is 3. The van der Waals surface area contributed by atoms with Gasteiger partial charge in [-0.25, -0.2) is 4.39 Å². The van der Waals surface area contributed by atoms with Crippen LogP contribution in [0.2, 0.25) is 0 Å². The van der Waals surface area contributed by atoms with E-state index >= 15 is 0 Å². The van der Waals surface area contributed by atoms with Gasteiger partial charge in [0, 0.05) is 42.9 Å². The highest BCUT2D eigenvalue weighted by atomic mass is 32.3. The topological polar surface area (TPSA) is 99.8 Å². The summed E-state index contributed by atoms with van der Waals surface area (Å²) in [7, 11) is -5.07. The first-order valence-electron chi connectivity index (χ1n) is 11.0. The minimum absolute atomic E-state index is 0.0188. The van der Waals surface area contributed by atoms with E-state index in [1.165, 1.54) is 18.2 Å². The van der Waals surface area contributed by atoms with Crippen LogP contribution in [-0.4, -0.2) is 50.4 Å². The lowest BCUT2D eigenvalue weighted by Gasteiger charge is -2.45. The van der Waals surface area contributed by atoms with Gasteiger partial charge in [-0.15, -0.1) is 0 Å². The number of benzene rings is 1. The fraction of sp³-hybridized carbons (Fsp3) is 0.500. The van der Waals surface area contributed by atoms with Crippen LogP contribution in [0.1, 0.15) is 33.1 Å². The molecule has 1 aliphatic carbocycles. The van der Waals surface area contributed by atoms with Gasteiger partial charge in [-0.05, 0) is 63.6 Å². The maximum atomic E-state index is 14.5. The molecule has 11 heteroatoms. The number of amides is 1. The van der Waals surface area contributed by atoms with Crippen molar-refractivity contribution in [3.8, 4) is 5.75 Å². The molecule has 8 nitrogen and oxygen atoms in total. The van der Waals surface area contributed by atoms with Crippen LogP contribution in [0.5, 0.6) is 5.75 Å². The molecular formula is C22H28F2N4O4S. The molecule has 0 spiro atoms. The zero-order valence-corrected chi connectivity index (χ0v) is 19.3. The lowest BCUT2D eigenvalue weighted by molar-refractivity contribution is -0.131. The van der Waals surface area contributed by atoms with Gasteiger partial charge in [0.05, 0.1) is 5.70 Å². The molecule has 3 atom stereocenters. The minimum atomic E-state index is -5.07. The second-order valence-electron chi connectivity index (χ2n) is 8.74. The zero-order chi connectivity index (χ0) is 23.8. The number of piperidine rings is 1. The quantitative estimate of drug-likeness (QED) is 0.514. The van der Waals surface area contributed by atoms with Crippen molar-refractivity contribution in [3.05, 3.63) is 47.6 Å². The lowest BCUT2D eigenvalue weighted by Crippen LogP contribution is -2.59. The van der Waals surface area contributed by atoms with E-state index in [9.17, 15) is 21.5 Å². The Bertz CT molecular complexity index is 1090. The Labute approximate surface area is 192 Å². The van der Waals surface area contributed by atoms with Gasteiger partial charge in [0.15, 0.2) is 0 Å². The van der Waals surface area contributed by atoms with Crippen molar-refractivity contribution in [1.82, 2.24) is 15.5 Å². The van der Waals surface area contributed by atoms with Crippen LogP contribution in [0.3, 0.4) is 0 Å². The number of likely N-dealkylation sites (N-methyl/N-ethyl adjacent to an activating group) is 1. The number of carbonyl (C=O) groups excluding carboxylic acids is 1. The molecule has 0 radical (unpaired) electrons. The third kappa shape index (κ3) is 4.84. The van der Waals surface area contributed by atoms with Gasteiger partial charge in [-0.1, -0.05) is 3.89 Å². The summed E-state index contributed by atoms with van der Waals surface area (Å²) >= 11 is 0. The van der Waals surface area contributed by atoms with Gasteiger partial charge in [-0.2, -0.15) is 8.42 Å². The van der Waals surface area contributed by atoms with Crippen LogP contribution in [-0.2, 0) is 15.3 Å². The maximum Gasteiger partial charge on any atom is 0.488 e. The summed E-state index contributed by atoms with van der Waals surface area (Å²) in [6, 6.07) is 5.96. The number of fused-ring (bicyclic) bond motifs is 1. The first kappa shape index (κ1) is 23.5. The van der Waals surface area contributed by atoms with E-state index in [2.05, 4.69) is 25.0 Å². The summed E-state index contributed by atoms with van der Waals surface area (Å²) in [5.74, 6) is -0.796. The third-order valence-electron chi connectivity index (χ3n) is 6.59. The molecule has 2 fully saturated rings. The van der Waals surface area contributed by atoms with E-state index in [0.29, 0.717) is 24.5 Å². The molecule has 0 saturated carbocycles. The van der Waals surface area contributed by atoms with Crippen molar-refractivity contribution in [3.63, 3.8) is 0 Å². The molecule has 0 aromatic heterocycles. The largest absolute Gasteiger partial charge is 0.488 e. The Morgan fingerprint density at radius 3 is 2.70 bits per heavy atom. The van der Waals surface area contributed by atoms with Gasteiger partial charge >= 0.3 is 10.5 Å². The molecule has 1 amide bonds. The van der Waals surface area contributed by atoms with E-state index in [-0.39, 0.29) is 35.9 Å². The van der Waals surface area contributed by atoms with Gasteiger partial charge in [0.25, 0.3) is 0 Å². The normalized spacial score (nSPS) is 28.1. The van der Waals surface area contributed by atoms with E-state index in [4.69, 9.17) is 0 Å². The van der Waals surface area contributed by atoms with E-state index in [1.54, 1.807) is 12.1 Å². The molecule has 2 unspecified atom stereocenters. The number of hydrogen-bond donors (Lipinski definition) is 3. The van der Waals surface area contributed by atoms with Crippen molar-refractivity contribution in [2.45, 2.75) is 44.7 Å². The fourth-order valence-electron chi connectivity index (χ4n) is 4.99. The van der Waals surface area contributed by atoms with Crippen LogP contribution in [0.4, 0.5) is 14.0 Å². The lowest BCUT2D eigenvalue weighted by atomic mass is 9.78. The molecule has 0 bridgehead atoms. The zero-order valence-electron chi connectivity index (χ0n) is 18.5. The van der Waals surface area contributed by atoms with Crippen LogP contribution in [0.15, 0.2) is 47.6 Å². The molecule has 1 aromatic rings. The van der Waals surface area contributed by atoms with Gasteiger partial charge in [-0.3, -0.25) is 9.69 Å². The number of allylic oxidation sites excluding steroid dienone is 2. The molecule has 3 N–H and O–H groups in total. The van der Waals surface area contributed by atoms with Crippen LogP contribution in [0, 0.1) is 5.92 Å². The molecular weight excluding hydrogens is 454 g/mol. The Morgan fingerprint density at radius 2 is 2.03 bits per heavy atom. The van der Waals surface area contributed by atoms with Crippen molar-refractivity contribution in [2.75, 3.05) is 25.0 Å². The highest BCUT2D eigenvalue weighted by molar-refractivity contribution is 7.81. The standard InChI is InChI=1S/C22H28F2N4O4S/c1-3-25-19-12-14(23)11-18-20(19)27-21(29)22(18,2)28-10-4-5-16(13-28)26-15-6-8-17(9-7-15)32-33(24,30)31/h6-9,12,16,18,25-26H,3-5,10-11,13H2,1-2H3,(H,27,29)/t16-,18?,22?/m1/s1. The predicted octanol–water partition coefficient (Wildman–Crippen LogP) is 2.74. The highest BCUT2D eigenvalue weighted by Gasteiger charge is 2.55. The Balaban J connectivity index is 1.49. The molecule has 2 saturated heterocycles. The second kappa shape index (κ2) is 8.94. The summed E-state index contributed by atoms with van der Waals surface area (Å²) in [5, 5.41) is 9.54. The molecule has 180 valence electrons. The molecule has 2 aliphatic heterocycles. The Kier molecular flexibility index (Phi) is 6.37. The van der Waals surface area contributed by atoms with E-state index in [1.807, 2.05) is 13.8 Å². The van der Waals surface area contributed by atoms with Crippen molar-refractivity contribution < 1.29 is 25.7 Å². The van der Waals surface area contributed by atoms with Crippen LogP contribution >= 0.6 is 0 Å². The fourth-order valence-corrected chi connectivity index (χ4v) is 5.34. The molecule has 1 aromatic carbocycles. The average Bonchev–Trinajstić information content (AvgIpc) is 3.01. The SMILES string of the molecule is CCNC1=C2NC(=O)C(C)(N3CCC[C@@H](Nc4ccc(OS(=O)(=O)F)cc4)C3)C2CC(F)=C1. The predicted molar refractivity (Wildman–Crippen MR) is 120 cm³/mol. The summed E-state index contributed by atoms with van der Waals surface area (Å²) in [6.07, 6.45) is 3.36. The Hall–Kier alpha value is -2.66. The molecule has 33 heavy (non-hydrogen) atoms. The van der Waals surface area contributed by atoms with E-state index < -0.39 is 16.0 Å². The minimum Gasteiger partial charge on any atom is -0.384 e.